The molecule has 4 aromatic rings. The molecule has 4 rings (SSSR count). The quantitative estimate of drug-likeness (QED) is 0.427. The molecule has 0 aliphatic carbocycles. The van der Waals surface area contributed by atoms with E-state index in [-0.39, 0.29) is 0 Å². The normalized spacial score (nSPS) is 11.8. The average molecular weight is 383 g/mol. The van der Waals surface area contributed by atoms with Gasteiger partial charge in [-0.3, -0.25) is 4.98 Å². The largest absolute Gasteiger partial charge is 0.457 e. The van der Waals surface area contributed by atoms with Gasteiger partial charge in [-0.15, -0.1) is 0 Å². The predicted molar refractivity (Wildman–Crippen MR) is 121 cm³/mol. The molecule has 0 aliphatic heterocycles. The number of hydrogen-bond acceptors (Lipinski definition) is 4. The highest BCUT2D eigenvalue weighted by Crippen LogP contribution is 2.29. The monoisotopic (exact) mass is 383 g/mol. The summed E-state index contributed by atoms with van der Waals surface area (Å²) in [5.74, 6) is 1.62. The molecule has 1 unspecified atom stereocenters. The molecule has 0 spiro atoms. The number of anilines is 2. The zero-order chi connectivity index (χ0) is 20.1. The predicted octanol–water partition coefficient (Wildman–Crippen LogP) is 5.96. The SMILES string of the molecule is CC(CNc1ccnc2ccc(Oc3ccccc3)cc12)N(C)c1ccccc1. The van der Waals surface area contributed by atoms with E-state index in [0.29, 0.717) is 6.04 Å². The Morgan fingerprint density at radius 1 is 0.897 bits per heavy atom. The number of hydrogen-bond donors (Lipinski definition) is 1. The first-order chi connectivity index (χ1) is 14.2. The molecule has 3 aromatic carbocycles. The third-order valence-electron chi connectivity index (χ3n) is 5.10. The van der Waals surface area contributed by atoms with Gasteiger partial charge in [-0.05, 0) is 55.5 Å². The standard InChI is InChI=1S/C25H25N3O/c1-19(28(2)20-9-5-3-6-10-20)18-27-25-15-16-26-24-14-13-22(17-23(24)25)29-21-11-7-4-8-12-21/h3-17,19H,18H2,1-2H3,(H,26,27). The molecule has 0 fully saturated rings. The second kappa shape index (κ2) is 8.65. The van der Waals surface area contributed by atoms with Crippen LogP contribution in [-0.4, -0.2) is 24.6 Å². The number of aromatic nitrogens is 1. The van der Waals surface area contributed by atoms with E-state index in [4.69, 9.17) is 4.74 Å². The summed E-state index contributed by atoms with van der Waals surface area (Å²) >= 11 is 0. The molecule has 1 aromatic heterocycles. The van der Waals surface area contributed by atoms with Crippen molar-refractivity contribution in [2.45, 2.75) is 13.0 Å². The third-order valence-corrected chi connectivity index (χ3v) is 5.10. The molecule has 0 amide bonds. The highest BCUT2D eigenvalue weighted by atomic mass is 16.5. The molecule has 0 bridgehead atoms. The highest BCUT2D eigenvalue weighted by molar-refractivity contribution is 5.92. The van der Waals surface area contributed by atoms with Crippen LogP contribution in [0, 0.1) is 0 Å². The summed E-state index contributed by atoms with van der Waals surface area (Å²) in [7, 11) is 2.12. The van der Waals surface area contributed by atoms with E-state index >= 15 is 0 Å². The maximum Gasteiger partial charge on any atom is 0.128 e. The topological polar surface area (TPSA) is 37.4 Å². The van der Waals surface area contributed by atoms with Crippen LogP contribution in [0.2, 0.25) is 0 Å². The smallest absolute Gasteiger partial charge is 0.128 e. The Morgan fingerprint density at radius 2 is 1.62 bits per heavy atom. The van der Waals surface area contributed by atoms with Gasteiger partial charge in [0.1, 0.15) is 11.5 Å². The fraction of sp³-hybridized carbons (Fsp3) is 0.160. The van der Waals surface area contributed by atoms with Crippen LogP contribution in [0.25, 0.3) is 10.9 Å². The van der Waals surface area contributed by atoms with E-state index < -0.39 is 0 Å². The number of ether oxygens (including phenoxy) is 1. The van der Waals surface area contributed by atoms with Gasteiger partial charge in [0.2, 0.25) is 0 Å². The van der Waals surface area contributed by atoms with Gasteiger partial charge in [0.15, 0.2) is 0 Å². The number of para-hydroxylation sites is 2. The van der Waals surface area contributed by atoms with Crippen LogP contribution in [0.5, 0.6) is 11.5 Å². The zero-order valence-corrected chi connectivity index (χ0v) is 16.7. The molecule has 4 heteroatoms. The molecule has 146 valence electrons. The van der Waals surface area contributed by atoms with Gasteiger partial charge in [-0.1, -0.05) is 36.4 Å². The molecular weight excluding hydrogens is 358 g/mol. The second-order valence-electron chi connectivity index (χ2n) is 7.13. The number of rotatable bonds is 7. The summed E-state index contributed by atoms with van der Waals surface area (Å²) in [6, 6.07) is 28.6. The number of nitrogens with zero attached hydrogens (tertiary/aromatic N) is 2. The maximum atomic E-state index is 6.00. The molecule has 29 heavy (non-hydrogen) atoms. The second-order valence-corrected chi connectivity index (χ2v) is 7.13. The molecule has 0 saturated heterocycles. The van der Waals surface area contributed by atoms with Crippen molar-refractivity contribution in [2.75, 3.05) is 23.8 Å². The van der Waals surface area contributed by atoms with Gasteiger partial charge in [-0.25, -0.2) is 0 Å². The minimum absolute atomic E-state index is 0.323. The summed E-state index contributed by atoms with van der Waals surface area (Å²) in [4.78, 5) is 6.77. The van der Waals surface area contributed by atoms with Crippen LogP contribution in [0.4, 0.5) is 11.4 Å². The Kier molecular flexibility index (Phi) is 5.61. The minimum Gasteiger partial charge on any atom is -0.457 e. The van der Waals surface area contributed by atoms with Gasteiger partial charge in [0, 0.05) is 42.6 Å². The summed E-state index contributed by atoms with van der Waals surface area (Å²) in [6.45, 7) is 3.03. The van der Waals surface area contributed by atoms with Crippen LogP contribution in [0.15, 0.2) is 91.1 Å². The lowest BCUT2D eigenvalue weighted by atomic mass is 10.1. The van der Waals surface area contributed by atoms with Gasteiger partial charge in [0.05, 0.1) is 5.52 Å². The maximum absolute atomic E-state index is 6.00. The van der Waals surface area contributed by atoms with Crippen molar-refractivity contribution < 1.29 is 4.74 Å². The Morgan fingerprint density at radius 3 is 2.38 bits per heavy atom. The lowest BCUT2D eigenvalue weighted by molar-refractivity contribution is 0.483. The molecule has 0 aliphatic rings. The lowest BCUT2D eigenvalue weighted by Gasteiger charge is -2.27. The van der Waals surface area contributed by atoms with Crippen LogP contribution in [0.1, 0.15) is 6.92 Å². The van der Waals surface area contributed by atoms with Crippen LogP contribution in [-0.2, 0) is 0 Å². The van der Waals surface area contributed by atoms with Crippen LogP contribution >= 0.6 is 0 Å². The molecular formula is C25H25N3O. The van der Waals surface area contributed by atoms with Crippen molar-refractivity contribution in [3.05, 3.63) is 91.1 Å². The van der Waals surface area contributed by atoms with Gasteiger partial charge in [-0.2, -0.15) is 0 Å². The van der Waals surface area contributed by atoms with E-state index in [1.165, 1.54) is 5.69 Å². The lowest BCUT2D eigenvalue weighted by Crippen LogP contribution is -2.34. The molecule has 0 saturated carbocycles. The Balaban J connectivity index is 1.51. The first-order valence-corrected chi connectivity index (χ1v) is 9.84. The van der Waals surface area contributed by atoms with Crippen molar-refractivity contribution in [3.63, 3.8) is 0 Å². The zero-order valence-electron chi connectivity index (χ0n) is 16.7. The average Bonchev–Trinajstić information content (AvgIpc) is 2.78. The first-order valence-electron chi connectivity index (χ1n) is 9.84. The van der Waals surface area contributed by atoms with Crippen molar-refractivity contribution in [1.82, 2.24) is 4.98 Å². The molecule has 0 radical (unpaired) electrons. The summed E-state index contributed by atoms with van der Waals surface area (Å²) in [6.07, 6.45) is 1.84. The van der Waals surface area contributed by atoms with E-state index in [2.05, 4.69) is 53.4 Å². The van der Waals surface area contributed by atoms with Gasteiger partial charge >= 0.3 is 0 Å². The first kappa shape index (κ1) is 18.8. The number of nitrogens with one attached hydrogen (secondary N) is 1. The van der Waals surface area contributed by atoms with Crippen molar-refractivity contribution in [3.8, 4) is 11.5 Å². The van der Waals surface area contributed by atoms with E-state index in [0.717, 1.165) is 34.6 Å². The highest BCUT2D eigenvalue weighted by Gasteiger charge is 2.11. The Hall–Kier alpha value is -3.53. The summed E-state index contributed by atoms with van der Waals surface area (Å²) in [5.41, 5.74) is 3.21. The third kappa shape index (κ3) is 4.49. The summed E-state index contributed by atoms with van der Waals surface area (Å²) < 4.78 is 6.00. The molecule has 4 nitrogen and oxygen atoms in total. The fourth-order valence-electron chi connectivity index (χ4n) is 3.28. The summed E-state index contributed by atoms with van der Waals surface area (Å²) in [5, 5.41) is 4.64. The van der Waals surface area contributed by atoms with E-state index in [9.17, 15) is 0 Å². The number of fused-ring (bicyclic) bond motifs is 1. The van der Waals surface area contributed by atoms with Crippen molar-refractivity contribution in [2.24, 2.45) is 0 Å². The van der Waals surface area contributed by atoms with Crippen molar-refractivity contribution in [1.29, 1.82) is 0 Å². The molecule has 1 N–H and O–H groups in total. The van der Waals surface area contributed by atoms with E-state index in [1.807, 2.05) is 66.9 Å². The van der Waals surface area contributed by atoms with Crippen LogP contribution < -0.4 is 15.0 Å². The Labute approximate surface area is 171 Å². The number of likely N-dealkylation sites (N-methyl/N-ethyl adjacent to an activating group) is 1. The number of benzene rings is 3. The fourth-order valence-corrected chi connectivity index (χ4v) is 3.28. The molecule has 1 heterocycles. The Bertz CT molecular complexity index is 1070. The van der Waals surface area contributed by atoms with Gasteiger partial charge < -0.3 is 15.0 Å². The van der Waals surface area contributed by atoms with Crippen LogP contribution in [0.3, 0.4) is 0 Å². The molecule has 1 atom stereocenters. The number of pyridine rings is 1. The van der Waals surface area contributed by atoms with Gasteiger partial charge in [0.25, 0.3) is 0 Å². The van der Waals surface area contributed by atoms with Crippen molar-refractivity contribution >= 4 is 22.3 Å². The van der Waals surface area contributed by atoms with E-state index in [1.54, 1.807) is 0 Å². The minimum atomic E-state index is 0.323.